The molecule has 0 atom stereocenters. The van der Waals surface area contributed by atoms with Crippen LogP contribution in [0.1, 0.15) is 21.6 Å². The van der Waals surface area contributed by atoms with Crippen LogP contribution >= 0.6 is 0 Å². The van der Waals surface area contributed by atoms with Crippen LogP contribution in [0.15, 0.2) is 66.7 Å². The second kappa shape index (κ2) is 9.43. The molecule has 0 aliphatic carbocycles. The molecule has 3 rings (SSSR count). The number of hydrogen-bond acceptors (Lipinski definition) is 3. The fourth-order valence-electron chi connectivity index (χ4n) is 3.11. The van der Waals surface area contributed by atoms with Gasteiger partial charge < -0.3 is 9.80 Å². The minimum absolute atomic E-state index is 0.0687. The number of likely N-dealkylation sites (N-methyl/N-ethyl adjacent to an activating group) is 1. The number of nitrogens with zero attached hydrogens (tertiary/aromatic N) is 3. The Balaban J connectivity index is 1.85. The summed E-state index contributed by atoms with van der Waals surface area (Å²) >= 11 is 0. The molecule has 1 aromatic heterocycles. The Bertz CT molecular complexity index is 956. The highest BCUT2D eigenvalue weighted by molar-refractivity contribution is 5.95. The monoisotopic (exact) mass is 391 g/mol. The van der Waals surface area contributed by atoms with Gasteiger partial charge in [0.25, 0.3) is 5.91 Å². The van der Waals surface area contributed by atoms with Crippen molar-refractivity contribution in [3.8, 4) is 11.3 Å². The summed E-state index contributed by atoms with van der Waals surface area (Å²) < 4.78 is 13.2. The molecule has 0 spiro atoms. The lowest BCUT2D eigenvalue weighted by atomic mass is 10.1. The maximum Gasteiger partial charge on any atom is 0.256 e. The highest BCUT2D eigenvalue weighted by atomic mass is 19.1. The van der Waals surface area contributed by atoms with Crippen LogP contribution in [0, 0.1) is 12.7 Å². The maximum absolute atomic E-state index is 13.3. The van der Waals surface area contributed by atoms with Gasteiger partial charge in [0, 0.05) is 25.2 Å². The van der Waals surface area contributed by atoms with Gasteiger partial charge in [0.05, 0.1) is 17.0 Å². The van der Waals surface area contributed by atoms with E-state index >= 15 is 0 Å². The Morgan fingerprint density at radius 1 is 0.931 bits per heavy atom. The molecule has 4 nitrogen and oxygen atoms in total. The van der Waals surface area contributed by atoms with E-state index in [0.717, 1.165) is 23.4 Å². The van der Waals surface area contributed by atoms with E-state index in [1.165, 1.54) is 12.1 Å². The first-order valence-corrected chi connectivity index (χ1v) is 9.65. The molecule has 5 heteroatoms. The molecule has 2 aromatic carbocycles. The highest BCUT2D eigenvalue weighted by Crippen LogP contribution is 2.20. The molecule has 0 aliphatic rings. The largest absolute Gasteiger partial charge is 0.333 e. The molecule has 29 heavy (non-hydrogen) atoms. The summed E-state index contributed by atoms with van der Waals surface area (Å²) in [5.74, 6) is -0.350. The third kappa shape index (κ3) is 5.48. The first-order valence-electron chi connectivity index (χ1n) is 9.65. The molecule has 3 aromatic rings. The van der Waals surface area contributed by atoms with Crippen LogP contribution in [0.25, 0.3) is 11.3 Å². The van der Waals surface area contributed by atoms with E-state index in [0.29, 0.717) is 24.3 Å². The summed E-state index contributed by atoms with van der Waals surface area (Å²) in [5, 5.41) is 0. The number of halogens is 1. The molecule has 150 valence electrons. The summed E-state index contributed by atoms with van der Waals surface area (Å²) in [6.45, 7) is 3.60. The molecule has 1 amide bonds. The van der Waals surface area contributed by atoms with Crippen molar-refractivity contribution in [1.29, 1.82) is 0 Å². The first kappa shape index (κ1) is 20.7. The predicted molar refractivity (Wildman–Crippen MR) is 114 cm³/mol. The molecule has 0 unspecified atom stereocenters. The Hall–Kier alpha value is -3.05. The molecule has 0 N–H and O–H groups in total. The fraction of sp³-hybridized carbons (Fsp3) is 0.250. The average Bonchev–Trinajstić information content (AvgIpc) is 2.72. The normalized spacial score (nSPS) is 10.9. The van der Waals surface area contributed by atoms with Gasteiger partial charge in [-0.15, -0.1) is 0 Å². The molecule has 0 fully saturated rings. The molecule has 0 radical (unpaired) electrons. The van der Waals surface area contributed by atoms with Gasteiger partial charge in [0.2, 0.25) is 0 Å². The minimum atomic E-state index is -0.281. The van der Waals surface area contributed by atoms with E-state index in [-0.39, 0.29) is 11.7 Å². The van der Waals surface area contributed by atoms with Crippen molar-refractivity contribution < 1.29 is 9.18 Å². The van der Waals surface area contributed by atoms with Gasteiger partial charge in [-0.25, -0.2) is 4.39 Å². The standard InChI is InChI=1S/C24H26FN3O/c1-18-22(13-14-23(26-18)20-7-5-4-6-8-20)24(29)28(16-15-27(2)3)17-19-9-11-21(25)12-10-19/h4-14H,15-17H2,1-3H3. The van der Waals surface area contributed by atoms with E-state index < -0.39 is 0 Å². The van der Waals surface area contributed by atoms with Crippen LogP contribution in [-0.2, 0) is 6.54 Å². The average molecular weight is 391 g/mol. The smallest absolute Gasteiger partial charge is 0.256 e. The molecule has 0 saturated heterocycles. The number of pyridine rings is 1. The van der Waals surface area contributed by atoms with E-state index in [1.807, 2.05) is 68.4 Å². The third-order valence-corrected chi connectivity index (χ3v) is 4.78. The number of amides is 1. The lowest BCUT2D eigenvalue weighted by Gasteiger charge is -2.25. The van der Waals surface area contributed by atoms with Crippen molar-refractivity contribution in [2.24, 2.45) is 0 Å². The van der Waals surface area contributed by atoms with Crippen LogP contribution in [0.4, 0.5) is 4.39 Å². The molecule has 0 bridgehead atoms. The van der Waals surface area contributed by atoms with Gasteiger partial charge in [-0.2, -0.15) is 0 Å². The number of aromatic nitrogens is 1. The zero-order chi connectivity index (χ0) is 20.8. The van der Waals surface area contributed by atoms with Crippen LogP contribution < -0.4 is 0 Å². The van der Waals surface area contributed by atoms with E-state index in [9.17, 15) is 9.18 Å². The fourth-order valence-corrected chi connectivity index (χ4v) is 3.11. The Labute approximate surface area is 171 Å². The van der Waals surface area contributed by atoms with Crippen molar-refractivity contribution in [3.05, 3.63) is 89.4 Å². The highest BCUT2D eigenvalue weighted by Gasteiger charge is 2.19. The summed E-state index contributed by atoms with van der Waals surface area (Å²) in [6.07, 6.45) is 0. The first-order chi connectivity index (χ1) is 13.9. The van der Waals surface area contributed by atoms with E-state index in [2.05, 4.69) is 4.98 Å². The van der Waals surface area contributed by atoms with Crippen molar-refractivity contribution in [1.82, 2.24) is 14.8 Å². The van der Waals surface area contributed by atoms with E-state index in [1.54, 1.807) is 17.0 Å². The van der Waals surface area contributed by atoms with Gasteiger partial charge in [-0.1, -0.05) is 42.5 Å². The van der Waals surface area contributed by atoms with Gasteiger partial charge in [0.1, 0.15) is 5.82 Å². The number of rotatable bonds is 7. The Kier molecular flexibility index (Phi) is 6.73. The van der Waals surface area contributed by atoms with E-state index in [4.69, 9.17) is 0 Å². The summed E-state index contributed by atoms with van der Waals surface area (Å²) in [5.41, 5.74) is 4.05. The maximum atomic E-state index is 13.3. The summed E-state index contributed by atoms with van der Waals surface area (Å²) in [4.78, 5) is 21.8. The lowest BCUT2D eigenvalue weighted by Crippen LogP contribution is -2.36. The second-order valence-electron chi connectivity index (χ2n) is 7.35. The minimum Gasteiger partial charge on any atom is -0.333 e. The second-order valence-corrected chi connectivity index (χ2v) is 7.35. The number of aryl methyl sites for hydroxylation is 1. The number of carbonyl (C=O) groups is 1. The van der Waals surface area contributed by atoms with Crippen LogP contribution in [-0.4, -0.2) is 47.9 Å². The number of carbonyl (C=O) groups excluding carboxylic acids is 1. The summed E-state index contributed by atoms with van der Waals surface area (Å²) in [7, 11) is 3.95. The van der Waals surface area contributed by atoms with Crippen LogP contribution in [0.2, 0.25) is 0 Å². The van der Waals surface area contributed by atoms with Gasteiger partial charge in [0.15, 0.2) is 0 Å². The van der Waals surface area contributed by atoms with Crippen molar-refractivity contribution in [3.63, 3.8) is 0 Å². The summed E-state index contributed by atoms with van der Waals surface area (Å²) in [6, 6.07) is 19.9. The quantitative estimate of drug-likeness (QED) is 0.599. The van der Waals surface area contributed by atoms with Gasteiger partial charge >= 0.3 is 0 Å². The topological polar surface area (TPSA) is 36.4 Å². The van der Waals surface area contributed by atoms with Crippen molar-refractivity contribution in [2.75, 3.05) is 27.2 Å². The molecular weight excluding hydrogens is 365 g/mol. The number of benzene rings is 2. The van der Waals surface area contributed by atoms with Crippen molar-refractivity contribution >= 4 is 5.91 Å². The lowest BCUT2D eigenvalue weighted by molar-refractivity contribution is 0.0730. The predicted octanol–water partition coefficient (Wildman–Crippen LogP) is 4.40. The third-order valence-electron chi connectivity index (χ3n) is 4.78. The molecule has 0 saturated carbocycles. The SMILES string of the molecule is Cc1nc(-c2ccccc2)ccc1C(=O)N(CCN(C)C)Cc1ccc(F)cc1. The Morgan fingerprint density at radius 3 is 2.24 bits per heavy atom. The van der Waals surface area contributed by atoms with Gasteiger partial charge in [-0.05, 0) is 50.8 Å². The molecule has 0 aliphatic heterocycles. The Morgan fingerprint density at radius 2 is 1.62 bits per heavy atom. The number of hydrogen-bond donors (Lipinski definition) is 0. The molecule has 1 heterocycles. The van der Waals surface area contributed by atoms with Gasteiger partial charge in [-0.3, -0.25) is 9.78 Å². The van der Waals surface area contributed by atoms with Crippen molar-refractivity contribution in [2.45, 2.75) is 13.5 Å². The van der Waals surface area contributed by atoms with Crippen LogP contribution in [0.5, 0.6) is 0 Å². The van der Waals surface area contributed by atoms with Crippen LogP contribution in [0.3, 0.4) is 0 Å². The zero-order valence-corrected chi connectivity index (χ0v) is 17.1. The zero-order valence-electron chi connectivity index (χ0n) is 17.1. The molecular formula is C24H26FN3O.